The molecule has 2 aromatic rings. The largest absolute Gasteiger partial charge is 0.492 e. The van der Waals surface area contributed by atoms with E-state index in [0.29, 0.717) is 12.4 Å². The summed E-state index contributed by atoms with van der Waals surface area (Å²) in [6, 6.07) is 10.3. The molecule has 2 rings (SSSR count). The number of benzene rings is 2. The Kier molecular flexibility index (Phi) is 6.57. The van der Waals surface area contributed by atoms with Crippen LogP contribution in [0.2, 0.25) is 10.0 Å². The van der Waals surface area contributed by atoms with Gasteiger partial charge in [0.05, 0.1) is 27.2 Å². The average molecular weight is 423 g/mol. The van der Waals surface area contributed by atoms with E-state index in [4.69, 9.17) is 39.5 Å². The molecule has 0 radical (unpaired) electrons. The Morgan fingerprint density at radius 3 is 2.40 bits per heavy atom. The molecular formula is C16H14Cl3NO4S. The Labute approximate surface area is 161 Å². The van der Waals surface area contributed by atoms with Crippen LogP contribution in [-0.2, 0) is 14.8 Å². The highest BCUT2D eigenvalue weighted by atomic mass is 35.5. The smallest absolute Gasteiger partial charge is 0.264 e. The lowest BCUT2D eigenvalue weighted by atomic mass is 10.3. The summed E-state index contributed by atoms with van der Waals surface area (Å²) in [4.78, 5) is 11.3. The van der Waals surface area contributed by atoms with Crippen molar-refractivity contribution in [2.75, 3.05) is 17.5 Å². The number of hydrogen-bond donors (Lipinski definition) is 0. The molecule has 0 saturated heterocycles. The average Bonchev–Trinajstić information content (AvgIpc) is 2.56. The monoisotopic (exact) mass is 421 g/mol. The highest BCUT2D eigenvalue weighted by molar-refractivity contribution is 7.92. The Morgan fingerprint density at radius 1 is 1.12 bits per heavy atom. The number of hydrogen-bond acceptors (Lipinski definition) is 4. The van der Waals surface area contributed by atoms with Crippen molar-refractivity contribution in [2.24, 2.45) is 0 Å². The van der Waals surface area contributed by atoms with E-state index in [2.05, 4.69) is 0 Å². The fraction of sp³-hybridized carbons (Fsp3) is 0.188. The lowest BCUT2D eigenvalue weighted by Crippen LogP contribution is -2.34. The topological polar surface area (TPSA) is 63.7 Å². The van der Waals surface area contributed by atoms with Gasteiger partial charge in [-0.05, 0) is 48.9 Å². The van der Waals surface area contributed by atoms with Gasteiger partial charge in [-0.1, -0.05) is 35.3 Å². The second-order valence-corrected chi connectivity index (χ2v) is 7.94. The van der Waals surface area contributed by atoms with Crippen molar-refractivity contribution in [3.05, 3.63) is 52.5 Å². The van der Waals surface area contributed by atoms with E-state index in [1.165, 1.54) is 24.3 Å². The van der Waals surface area contributed by atoms with Gasteiger partial charge in [-0.25, -0.2) is 8.42 Å². The predicted molar refractivity (Wildman–Crippen MR) is 99.5 cm³/mol. The summed E-state index contributed by atoms with van der Waals surface area (Å²) in [7, 11) is -4.12. The third kappa shape index (κ3) is 4.58. The molecule has 134 valence electrons. The molecule has 0 aliphatic carbocycles. The molecule has 0 N–H and O–H groups in total. The molecule has 2 aromatic carbocycles. The minimum Gasteiger partial charge on any atom is -0.492 e. The van der Waals surface area contributed by atoms with Crippen LogP contribution in [0.1, 0.15) is 6.92 Å². The zero-order valence-corrected chi connectivity index (χ0v) is 16.2. The van der Waals surface area contributed by atoms with Crippen LogP contribution in [0, 0.1) is 0 Å². The van der Waals surface area contributed by atoms with Gasteiger partial charge in [-0.15, -0.1) is 0 Å². The van der Waals surface area contributed by atoms with Crippen LogP contribution in [0.3, 0.4) is 0 Å². The number of para-hydroxylation sites is 2. The second-order valence-electron chi connectivity index (χ2n) is 4.84. The number of sulfonamides is 1. The molecule has 0 aliphatic rings. The third-order valence-corrected chi connectivity index (χ3v) is 5.80. The molecular weight excluding hydrogens is 409 g/mol. The van der Waals surface area contributed by atoms with Crippen molar-refractivity contribution < 1.29 is 17.9 Å². The van der Waals surface area contributed by atoms with E-state index in [1.54, 1.807) is 25.1 Å². The van der Waals surface area contributed by atoms with E-state index in [1.807, 2.05) is 0 Å². The fourth-order valence-corrected chi connectivity index (χ4v) is 4.13. The first kappa shape index (κ1) is 19.8. The van der Waals surface area contributed by atoms with E-state index in [9.17, 15) is 13.2 Å². The standard InChI is InChI=1S/C16H14Cl3NO4S/c1-2-24-15-6-4-3-5-14(15)20(10-16(19)21)25(22,23)11-7-8-12(17)13(18)9-11/h3-9H,2,10H2,1H3. The minimum absolute atomic E-state index is 0.0815. The Balaban J connectivity index is 2.60. The van der Waals surface area contributed by atoms with Gasteiger partial charge in [0, 0.05) is 0 Å². The number of anilines is 1. The maximum atomic E-state index is 13.0. The van der Waals surface area contributed by atoms with Gasteiger partial charge in [0.15, 0.2) is 0 Å². The molecule has 0 saturated carbocycles. The highest BCUT2D eigenvalue weighted by Crippen LogP contribution is 2.34. The maximum Gasteiger partial charge on any atom is 0.264 e. The first-order valence-electron chi connectivity index (χ1n) is 7.15. The number of carbonyl (C=O) groups excluding carboxylic acids is 1. The van der Waals surface area contributed by atoms with E-state index in [-0.39, 0.29) is 20.6 Å². The quantitative estimate of drug-likeness (QED) is 0.622. The van der Waals surface area contributed by atoms with Crippen LogP contribution < -0.4 is 9.04 Å². The minimum atomic E-state index is -4.12. The van der Waals surface area contributed by atoms with Gasteiger partial charge < -0.3 is 4.74 Å². The van der Waals surface area contributed by atoms with Crippen molar-refractivity contribution in [3.8, 4) is 5.75 Å². The van der Waals surface area contributed by atoms with Crippen molar-refractivity contribution in [1.29, 1.82) is 0 Å². The fourth-order valence-electron chi connectivity index (χ4n) is 2.12. The molecule has 25 heavy (non-hydrogen) atoms. The van der Waals surface area contributed by atoms with Crippen LogP contribution in [0.15, 0.2) is 47.4 Å². The lowest BCUT2D eigenvalue weighted by Gasteiger charge is -2.25. The summed E-state index contributed by atoms with van der Waals surface area (Å²) in [5.41, 5.74) is 0.199. The van der Waals surface area contributed by atoms with Gasteiger partial charge >= 0.3 is 0 Å². The van der Waals surface area contributed by atoms with Crippen LogP contribution >= 0.6 is 34.8 Å². The van der Waals surface area contributed by atoms with Gasteiger partial charge in [0.25, 0.3) is 10.0 Å². The number of rotatable bonds is 7. The molecule has 0 heterocycles. The molecule has 0 atom stereocenters. The van der Waals surface area contributed by atoms with Crippen molar-refractivity contribution in [2.45, 2.75) is 11.8 Å². The summed E-state index contributed by atoms with van der Waals surface area (Å²) in [5, 5.41) is -0.539. The molecule has 0 fully saturated rings. The summed E-state index contributed by atoms with van der Waals surface area (Å²) >= 11 is 17.2. The highest BCUT2D eigenvalue weighted by Gasteiger charge is 2.29. The summed E-state index contributed by atoms with van der Waals surface area (Å²) in [6.45, 7) is 1.53. The first-order valence-corrected chi connectivity index (χ1v) is 9.72. The van der Waals surface area contributed by atoms with Gasteiger partial charge in [0.2, 0.25) is 5.24 Å². The summed E-state index contributed by atoms with van der Waals surface area (Å²) in [5.74, 6) is 0.312. The van der Waals surface area contributed by atoms with E-state index >= 15 is 0 Å². The Bertz CT molecular complexity index is 887. The zero-order chi connectivity index (χ0) is 18.6. The molecule has 0 spiro atoms. The number of carbonyl (C=O) groups is 1. The Morgan fingerprint density at radius 2 is 1.80 bits per heavy atom. The predicted octanol–water partition coefficient (Wildman–Crippen LogP) is 4.35. The Hall–Kier alpha value is -1.47. The normalized spacial score (nSPS) is 11.2. The van der Waals surface area contributed by atoms with Crippen LogP contribution in [-0.4, -0.2) is 26.8 Å². The van der Waals surface area contributed by atoms with Crippen LogP contribution in [0.4, 0.5) is 5.69 Å². The van der Waals surface area contributed by atoms with E-state index in [0.717, 1.165) is 4.31 Å². The second kappa shape index (κ2) is 8.27. The zero-order valence-electron chi connectivity index (χ0n) is 13.1. The van der Waals surface area contributed by atoms with Crippen molar-refractivity contribution in [3.63, 3.8) is 0 Å². The molecule has 0 aliphatic heterocycles. The lowest BCUT2D eigenvalue weighted by molar-refractivity contribution is -0.110. The molecule has 0 bridgehead atoms. The molecule has 5 nitrogen and oxygen atoms in total. The SMILES string of the molecule is CCOc1ccccc1N(CC(=O)Cl)S(=O)(=O)c1ccc(Cl)c(Cl)c1. The van der Waals surface area contributed by atoms with Crippen LogP contribution in [0.5, 0.6) is 5.75 Å². The van der Waals surface area contributed by atoms with E-state index < -0.39 is 21.8 Å². The third-order valence-electron chi connectivity index (χ3n) is 3.18. The maximum absolute atomic E-state index is 13.0. The van der Waals surface area contributed by atoms with Gasteiger partial charge in [-0.3, -0.25) is 9.10 Å². The molecule has 0 aromatic heterocycles. The molecule has 0 unspecified atom stereocenters. The van der Waals surface area contributed by atoms with Crippen molar-refractivity contribution >= 4 is 55.8 Å². The summed E-state index contributed by atoms with van der Waals surface area (Å²) in [6.07, 6.45) is 0. The molecule has 0 amide bonds. The van der Waals surface area contributed by atoms with Gasteiger partial charge in [-0.2, -0.15) is 0 Å². The molecule has 9 heteroatoms. The number of nitrogens with zero attached hydrogens (tertiary/aromatic N) is 1. The van der Waals surface area contributed by atoms with Crippen LogP contribution in [0.25, 0.3) is 0 Å². The van der Waals surface area contributed by atoms with Gasteiger partial charge in [0.1, 0.15) is 12.3 Å². The number of ether oxygens (including phenoxy) is 1. The van der Waals surface area contributed by atoms with Crippen molar-refractivity contribution in [1.82, 2.24) is 0 Å². The summed E-state index contributed by atoms with van der Waals surface area (Å²) < 4.78 is 32.4. The first-order chi connectivity index (χ1) is 11.8. The number of halogens is 3.